The van der Waals surface area contributed by atoms with Gasteiger partial charge in [0.25, 0.3) is 0 Å². The Hall–Kier alpha value is -1.73. The summed E-state index contributed by atoms with van der Waals surface area (Å²) in [5, 5.41) is 4.38. The number of hydrogen-bond acceptors (Lipinski definition) is 7. The highest BCUT2D eigenvalue weighted by molar-refractivity contribution is 7.07. The highest BCUT2D eigenvalue weighted by atomic mass is 32.1. The van der Waals surface area contributed by atoms with Crippen LogP contribution in [0.1, 0.15) is 43.2 Å². The van der Waals surface area contributed by atoms with Crippen LogP contribution in [0.3, 0.4) is 0 Å². The third-order valence-electron chi connectivity index (χ3n) is 4.15. The van der Waals surface area contributed by atoms with Crippen LogP contribution in [0, 0.1) is 0 Å². The van der Waals surface area contributed by atoms with E-state index in [1.807, 2.05) is 19.0 Å². The van der Waals surface area contributed by atoms with Gasteiger partial charge < -0.3 is 10.6 Å². The summed E-state index contributed by atoms with van der Waals surface area (Å²) in [7, 11) is 3.82. The van der Waals surface area contributed by atoms with Gasteiger partial charge in [0.1, 0.15) is 0 Å². The average molecular weight is 318 g/mol. The molecule has 1 aliphatic heterocycles. The van der Waals surface area contributed by atoms with Crippen LogP contribution >= 0.6 is 11.3 Å². The molecular weight excluding hydrogens is 296 g/mol. The maximum atomic E-state index is 5.86. The molecule has 118 valence electrons. The molecule has 0 bridgehead atoms. The van der Waals surface area contributed by atoms with Crippen molar-refractivity contribution < 1.29 is 0 Å². The predicted octanol–water partition coefficient (Wildman–Crippen LogP) is 2.48. The van der Waals surface area contributed by atoms with Crippen molar-refractivity contribution in [2.75, 3.05) is 31.3 Å². The van der Waals surface area contributed by atoms with Gasteiger partial charge in [-0.25, -0.2) is 0 Å². The Morgan fingerprint density at radius 3 is 2.86 bits per heavy atom. The van der Waals surface area contributed by atoms with E-state index in [9.17, 15) is 0 Å². The van der Waals surface area contributed by atoms with Gasteiger partial charge in [0.15, 0.2) is 5.82 Å². The highest BCUT2D eigenvalue weighted by Crippen LogP contribution is 2.38. The van der Waals surface area contributed by atoms with Crippen LogP contribution in [0.15, 0.2) is 16.8 Å². The van der Waals surface area contributed by atoms with Gasteiger partial charge in [0.2, 0.25) is 11.9 Å². The lowest BCUT2D eigenvalue weighted by Gasteiger charge is -2.29. The van der Waals surface area contributed by atoms with Crippen LogP contribution in [-0.4, -0.2) is 40.5 Å². The fourth-order valence-corrected chi connectivity index (χ4v) is 3.71. The van der Waals surface area contributed by atoms with Gasteiger partial charge in [-0.15, -0.1) is 0 Å². The van der Waals surface area contributed by atoms with E-state index >= 15 is 0 Å². The molecule has 0 amide bonds. The van der Waals surface area contributed by atoms with Crippen LogP contribution in [0.4, 0.5) is 11.9 Å². The molecule has 2 aromatic heterocycles. The first-order valence-electron chi connectivity index (χ1n) is 7.53. The Bertz CT molecular complexity index is 627. The van der Waals surface area contributed by atoms with Gasteiger partial charge in [0.05, 0.1) is 6.04 Å². The summed E-state index contributed by atoms with van der Waals surface area (Å²) < 4.78 is 0. The van der Waals surface area contributed by atoms with Gasteiger partial charge in [0, 0.05) is 20.1 Å². The second-order valence-corrected chi connectivity index (χ2v) is 6.65. The number of nitrogens with zero attached hydrogens (tertiary/aromatic N) is 5. The number of nitrogen functional groups attached to an aromatic ring is 1. The number of thiophene rings is 1. The molecule has 3 rings (SSSR count). The molecule has 7 heteroatoms. The minimum Gasteiger partial charge on any atom is -0.368 e. The number of rotatable bonds is 4. The lowest BCUT2D eigenvalue weighted by atomic mass is 10.1. The zero-order valence-electron chi connectivity index (χ0n) is 13.2. The molecule has 0 aromatic carbocycles. The Balaban J connectivity index is 1.88. The lowest BCUT2D eigenvalue weighted by Crippen LogP contribution is -2.29. The molecule has 0 aliphatic carbocycles. The van der Waals surface area contributed by atoms with Crippen LogP contribution in [0.5, 0.6) is 0 Å². The fraction of sp³-hybridized carbons (Fsp3) is 0.533. The van der Waals surface area contributed by atoms with Crippen molar-refractivity contribution in [3.63, 3.8) is 0 Å². The second kappa shape index (κ2) is 6.18. The van der Waals surface area contributed by atoms with Crippen molar-refractivity contribution in [1.82, 2.24) is 19.9 Å². The summed E-state index contributed by atoms with van der Waals surface area (Å²) in [6.07, 6.45) is 2.38. The second-order valence-electron chi connectivity index (χ2n) is 5.87. The smallest absolute Gasteiger partial charge is 0.229 e. The predicted molar refractivity (Wildman–Crippen MR) is 90.0 cm³/mol. The van der Waals surface area contributed by atoms with Crippen molar-refractivity contribution in [3.05, 3.63) is 28.2 Å². The van der Waals surface area contributed by atoms with Gasteiger partial charge in [-0.3, -0.25) is 4.90 Å². The summed E-state index contributed by atoms with van der Waals surface area (Å²) in [6, 6.07) is 2.78. The molecule has 0 spiro atoms. The molecule has 1 aliphatic rings. The number of aromatic nitrogens is 3. The quantitative estimate of drug-likeness (QED) is 0.934. The van der Waals surface area contributed by atoms with Crippen LogP contribution in [-0.2, 0) is 0 Å². The van der Waals surface area contributed by atoms with E-state index in [0.29, 0.717) is 12.0 Å². The molecule has 2 atom stereocenters. The average Bonchev–Trinajstić information content (AvgIpc) is 3.16. The Kier molecular flexibility index (Phi) is 4.26. The molecule has 22 heavy (non-hydrogen) atoms. The van der Waals surface area contributed by atoms with Crippen molar-refractivity contribution in [2.45, 2.75) is 31.8 Å². The first-order chi connectivity index (χ1) is 10.6. The molecule has 0 saturated carbocycles. The van der Waals surface area contributed by atoms with Gasteiger partial charge in [-0.1, -0.05) is 0 Å². The number of likely N-dealkylation sites (tertiary alicyclic amines) is 1. The van der Waals surface area contributed by atoms with Crippen LogP contribution in [0.25, 0.3) is 0 Å². The molecule has 6 nitrogen and oxygen atoms in total. The maximum absolute atomic E-state index is 5.86. The highest BCUT2D eigenvalue weighted by Gasteiger charge is 2.32. The Labute approximate surface area is 135 Å². The maximum Gasteiger partial charge on any atom is 0.229 e. The lowest BCUT2D eigenvalue weighted by molar-refractivity contribution is 0.187. The molecule has 2 aromatic rings. The molecule has 1 fully saturated rings. The zero-order valence-corrected chi connectivity index (χ0v) is 14.0. The molecule has 3 heterocycles. The van der Waals surface area contributed by atoms with E-state index < -0.39 is 0 Å². The Morgan fingerprint density at radius 2 is 2.18 bits per heavy atom. The van der Waals surface area contributed by atoms with Crippen molar-refractivity contribution >= 4 is 23.2 Å². The third-order valence-corrected chi connectivity index (χ3v) is 4.85. The van der Waals surface area contributed by atoms with E-state index in [0.717, 1.165) is 12.4 Å². The molecule has 1 saturated heterocycles. The summed E-state index contributed by atoms with van der Waals surface area (Å²) in [4.78, 5) is 17.4. The van der Waals surface area contributed by atoms with E-state index in [1.165, 1.54) is 18.4 Å². The van der Waals surface area contributed by atoms with E-state index in [1.54, 1.807) is 11.3 Å². The molecular formula is C15H22N6S. The number of anilines is 2. The normalized spacial score (nSPS) is 20.2. The number of hydrogen-bond donors (Lipinski definition) is 1. The molecule has 0 radical (unpaired) electrons. The first kappa shape index (κ1) is 15.2. The standard InChI is InChI=1S/C15H22N6S/c1-10(13-17-14(16)19-15(18-13)20(2)3)21-7-4-5-12(21)11-6-8-22-9-11/h6,8-10,12H,4-5,7H2,1-3H3,(H2,16,17,18,19)/t10-,12+/m1/s1. The van der Waals surface area contributed by atoms with Gasteiger partial charge in [-0.2, -0.15) is 26.3 Å². The zero-order chi connectivity index (χ0) is 15.7. The van der Waals surface area contributed by atoms with Gasteiger partial charge >= 0.3 is 0 Å². The Morgan fingerprint density at radius 1 is 1.36 bits per heavy atom. The van der Waals surface area contributed by atoms with Crippen LogP contribution < -0.4 is 10.6 Å². The van der Waals surface area contributed by atoms with E-state index in [4.69, 9.17) is 5.73 Å². The monoisotopic (exact) mass is 318 g/mol. The largest absolute Gasteiger partial charge is 0.368 e. The minimum atomic E-state index is 0.122. The minimum absolute atomic E-state index is 0.122. The van der Waals surface area contributed by atoms with Crippen LogP contribution in [0.2, 0.25) is 0 Å². The van der Waals surface area contributed by atoms with Crippen molar-refractivity contribution in [3.8, 4) is 0 Å². The molecule has 0 unspecified atom stereocenters. The van der Waals surface area contributed by atoms with E-state index in [-0.39, 0.29) is 12.0 Å². The first-order valence-corrected chi connectivity index (χ1v) is 8.47. The topological polar surface area (TPSA) is 71.2 Å². The third kappa shape index (κ3) is 2.91. The van der Waals surface area contributed by atoms with Crippen molar-refractivity contribution in [1.29, 1.82) is 0 Å². The summed E-state index contributed by atoms with van der Waals surface area (Å²) in [5.41, 5.74) is 7.25. The van der Waals surface area contributed by atoms with Gasteiger partial charge in [-0.05, 0) is 48.7 Å². The summed E-state index contributed by atoms with van der Waals surface area (Å²) >= 11 is 1.75. The summed E-state index contributed by atoms with van der Waals surface area (Å²) in [5.74, 6) is 1.64. The SMILES string of the molecule is C[C@H](c1nc(N)nc(N(C)C)n1)N1CCC[C@H]1c1ccsc1. The number of nitrogens with two attached hydrogens (primary N) is 1. The fourth-order valence-electron chi connectivity index (χ4n) is 3.01. The van der Waals surface area contributed by atoms with E-state index in [2.05, 4.69) is 43.6 Å². The van der Waals surface area contributed by atoms with Crippen molar-refractivity contribution in [2.24, 2.45) is 0 Å². The molecule has 2 N–H and O–H groups in total. The summed E-state index contributed by atoms with van der Waals surface area (Å²) in [6.45, 7) is 3.21.